The molecule has 2 heterocycles. The van der Waals surface area contributed by atoms with Gasteiger partial charge in [-0.1, -0.05) is 0 Å². The van der Waals surface area contributed by atoms with Crippen molar-refractivity contribution >= 4 is 15.9 Å². The standard InChI is InChI=1S/C8H7BrN4/c1-6-2-3-13(12-6)8-5-10-7(9)4-11-8/h2-5H,1H3/i1D3,2D,3D,4D,5D. The van der Waals surface area contributed by atoms with Crippen LogP contribution in [0.25, 0.3) is 5.82 Å². The van der Waals surface area contributed by atoms with Gasteiger partial charge in [-0.05, 0) is 28.8 Å². The maximum atomic E-state index is 7.69. The summed E-state index contributed by atoms with van der Waals surface area (Å²) >= 11 is 2.94. The van der Waals surface area contributed by atoms with Crippen LogP contribution < -0.4 is 0 Å². The van der Waals surface area contributed by atoms with Crippen molar-refractivity contribution in [1.29, 1.82) is 0 Å². The number of hydrogen-bond acceptors (Lipinski definition) is 3. The maximum Gasteiger partial charge on any atom is 0.171 e. The van der Waals surface area contributed by atoms with Crippen molar-refractivity contribution in [2.45, 2.75) is 6.85 Å². The van der Waals surface area contributed by atoms with Gasteiger partial charge in [0.2, 0.25) is 0 Å². The van der Waals surface area contributed by atoms with Crippen molar-refractivity contribution in [1.82, 2.24) is 19.7 Å². The Morgan fingerprint density at radius 2 is 2.46 bits per heavy atom. The zero-order chi connectivity index (χ0) is 15.2. The topological polar surface area (TPSA) is 43.6 Å². The van der Waals surface area contributed by atoms with Crippen molar-refractivity contribution in [3.8, 4) is 5.82 Å². The smallest absolute Gasteiger partial charge is 0.171 e. The second-order valence-electron chi connectivity index (χ2n) is 2.06. The average molecular weight is 246 g/mol. The fraction of sp³-hybridized carbons (Fsp3) is 0.125. The molecule has 0 aliphatic carbocycles. The molecule has 0 unspecified atom stereocenters. The maximum absolute atomic E-state index is 7.69. The van der Waals surface area contributed by atoms with Gasteiger partial charge in [0, 0.05) is 10.3 Å². The second-order valence-corrected chi connectivity index (χ2v) is 2.81. The number of aromatic nitrogens is 4. The molecule has 0 N–H and O–H groups in total. The van der Waals surface area contributed by atoms with Crippen LogP contribution in [0.15, 0.2) is 29.2 Å². The Morgan fingerprint density at radius 1 is 1.54 bits per heavy atom. The van der Waals surface area contributed by atoms with E-state index in [9.17, 15) is 0 Å². The van der Waals surface area contributed by atoms with Gasteiger partial charge >= 0.3 is 0 Å². The summed E-state index contributed by atoms with van der Waals surface area (Å²) in [7, 11) is 0. The summed E-state index contributed by atoms with van der Waals surface area (Å²) in [4.78, 5) is 7.40. The number of nitrogens with zero attached hydrogens (tertiary/aromatic N) is 4. The molecule has 0 aromatic carbocycles. The molecule has 0 saturated heterocycles. The van der Waals surface area contributed by atoms with Crippen LogP contribution in [0.5, 0.6) is 0 Å². The van der Waals surface area contributed by atoms with Gasteiger partial charge < -0.3 is 0 Å². The van der Waals surface area contributed by atoms with Crippen LogP contribution in [-0.2, 0) is 0 Å². The molecule has 0 atom stereocenters. The Labute approximate surface area is 93.6 Å². The largest absolute Gasteiger partial charge is 0.244 e. The van der Waals surface area contributed by atoms with Gasteiger partial charge in [0.25, 0.3) is 0 Å². The third-order valence-corrected chi connectivity index (χ3v) is 1.54. The number of hydrogen-bond donors (Lipinski definition) is 0. The highest BCUT2D eigenvalue weighted by molar-refractivity contribution is 9.10. The molecule has 2 rings (SSSR count). The van der Waals surface area contributed by atoms with E-state index in [-0.39, 0.29) is 22.8 Å². The minimum atomic E-state index is -2.65. The van der Waals surface area contributed by atoms with Crippen molar-refractivity contribution in [3.63, 3.8) is 0 Å². The van der Waals surface area contributed by atoms with E-state index in [2.05, 4.69) is 31.0 Å². The Hall–Kier alpha value is -1.23. The second kappa shape index (κ2) is 3.26. The Balaban J connectivity index is 2.69. The zero-order valence-electron chi connectivity index (χ0n) is 13.2. The first kappa shape index (κ1) is 3.49. The van der Waals surface area contributed by atoms with E-state index in [1.807, 2.05) is 0 Å². The van der Waals surface area contributed by atoms with E-state index in [1.54, 1.807) is 0 Å². The Morgan fingerprint density at radius 3 is 3.23 bits per heavy atom. The predicted molar refractivity (Wildman–Crippen MR) is 51.6 cm³/mol. The van der Waals surface area contributed by atoms with Crippen molar-refractivity contribution in [2.75, 3.05) is 0 Å². The lowest BCUT2D eigenvalue weighted by Crippen LogP contribution is -1.98. The summed E-state index contributed by atoms with van der Waals surface area (Å²) in [5.74, 6) is -0.271. The van der Waals surface area contributed by atoms with E-state index in [4.69, 9.17) is 9.60 Å². The molecule has 0 bridgehead atoms. The normalized spacial score (nSPS) is 19.0. The molecular formula is C8H7BrN4. The van der Waals surface area contributed by atoms with E-state index in [0.717, 1.165) is 4.68 Å². The number of aryl methyl sites for hydroxylation is 1. The van der Waals surface area contributed by atoms with Crippen molar-refractivity contribution in [2.24, 2.45) is 0 Å². The van der Waals surface area contributed by atoms with Crippen LogP contribution in [0, 0.1) is 6.85 Å². The lowest BCUT2D eigenvalue weighted by molar-refractivity contribution is 0.822. The molecule has 13 heavy (non-hydrogen) atoms. The van der Waals surface area contributed by atoms with Gasteiger partial charge in [0.15, 0.2) is 5.82 Å². The van der Waals surface area contributed by atoms with E-state index in [1.165, 1.54) is 0 Å². The summed E-state index contributed by atoms with van der Waals surface area (Å²) in [5, 5.41) is 3.64. The average Bonchev–Trinajstić information content (AvgIpc) is 2.61. The molecule has 66 valence electrons. The first-order valence-corrected chi connectivity index (χ1v) is 4.00. The molecule has 0 aliphatic rings. The van der Waals surface area contributed by atoms with Gasteiger partial charge in [-0.3, -0.25) is 0 Å². The molecule has 4 nitrogen and oxygen atoms in total. The highest BCUT2D eigenvalue weighted by Crippen LogP contribution is 2.06. The molecule has 0 spiro atoms. The Bertz CT molecular complexity index is 680. The third kappa shape index (κ3) is 1.75. The summed E-state index contributed by atoms with van der Waals surface area (Å²) < 4.78 is 52.9. The minimum Gasteiger partial charge on any atom is -0.244 e. The van der Waals surface area contributed by atoms with Gasteiger partial charge in [0.05, 0.1) is 23.5 Å². The van der Waals surface area contributed by atoms with Crippen molar-refractivity contribution in [3.05, 3.63) is 34.9 Å². The molecular weight excluding hydrogens is 232 g/mol. The number of rotatable bonds is 1. The van der Waals surface area contributed by atoms with Crippen LogP contribution >= 0.6 is 15.9 Å². The Kier molecular flexibility index (Phi) is 0.875. The van der Waals surface area contributed by atoms with Crippen LogP contribution in [0.1, 0.15) is 15.3 Å². The van der Waals surface area contributed by atoms with E-state index in [0.29, 0.717) is 0 Å². The molecule has 0 saturated carbocycles. The SMILES string of the molecule is [2H]c1nc(-n2nc(C([2H])([2H])[2H])c([2H])c2[2H])c([2H])nc1Br. The molecule has 2 aromatic heterocycles. The van der Waals surface area contributed by atoms with Gasteiger partial charge in [-0.15, -0.1) is 0 Å². The monoisotopic (exact) mass is 245 g/mol. The lowest BCUT2D eigenvalue weighted by atomic mass is 10.5. The van der Waals surface area contributed by atoms with Gasteiger partial charge in [-0.2, -0.15) is 5.10 Å². The van der Waals surface area contributed by atoms with Gasteiger partial charge in [-0.25, -0.2) is 14.6 Å². The summed E-state index contributed by atoms with van der Waals surface area (Å²) in [5.41, 5.74) is -0.557. The predicted octanol–water partition coefficient (Wildman–Crippen LogP) is 1.73. The van der Waals surface area contributed by atoms with Crippen LogP contribution in [0.4, 0.5) is 0 Å². The zero-order valence-corrected chi connectivity index (χ0v) is 7.75. The van der Waals surface area contributed by atoms with Crippen LogP contribution in [0.3, 0.4) is 0 Å². The first-order valence-electron chi connectivity index (χ1n) is 6.70. The molecule has 0 aliphatic heterocycles. The fourth-order valence-corrected chi connectivity index (χ4v) is 0.876. The van der Waals surface area contributed by atoms with Gasteiger partial charge in [0.1, 0.15) is 4.60 Å². The van der Waals surface area contributed by atoms with Crippen LogP contribution in [-0.4, -0.2) is 19.7 Å². The van der Waals surface area contributed by atoms with E-state index < -0.39 is 24.8 Å². The molecule has 0 radical (unpaired) electrons. The van der Waals surface area contributed by atoms with E-state index >= 15 is 0 Å². The highest BCUT2D eigenvalue weighted by Gasteiger charge is 1.99. The minimum absolute atomic E-state index is 0.0482. The van der Waals surface area contributed by atoms with Crippen LogP contribution in [0.2, 0.25) is 0 Å². The summed E-state index contributed by atoms with van der Waals surface area (Å²) in [6.07, 6.45) is -1.20. The first-order chi connectivity index (χ1) is 9.12. The highest BCUT2D eigenvalue weighted by atomic mass is 79.9. The summed E-state index contributed by atoms with van der Waals surface area (Å²) in [6, 6.07) is -0.569. The lowest BCUT2D eigenvalue weighted by Gasteiger charge is -1.97. The molecule has 0 fully saturated rings. The fourth-order valence-electron chi connectivity index (χ4n) is 0.699. The molecule has 0 amide bonds. The molecule has 2 aromatic rings. The quantitative estimate of drug-likeness (QED) is 0.769. The van der Waals surface area contributed by atoms with Crippen molar-refractivity contribution < 1.29 is 9.60 Å². The summed E-state index contributed by atoms with van der Waals surface area (Å²) in [6.45, 7) is -2.65. The number of halogens is 1. The molecule has 5 heteroatoms. The third-order valence-electron chi connectivity index (χ3n) is 1.19.